The molecule has 3 aromatic rings. The highest BCUT2D eigenvalue weighted by Gasteiger charge is 2.12. The molecule has 0 saturated carbocycles. The van der Waals surface area contributed by atoms with E-state index in [1.165, 1.54) is 0 Å². The van der Waals surface area contributed by atoms with E-state index in [1.807, 2.05) is 13.8 Å². The quantitative estimate of drug-likeness (QED) is 0.749. The van der Waals surface area contributed by atoms with E-state index in [4.69, 9.17) is 12.2 Å². The Morgan fingerprint density at radius 2 is 2.19 bits per heavy atom. The molecule has 0 fully saturated rings. The lowest BCUT2D eigenvalue weighted by atomic mass is 10.2. The molecule has 0 aromatic carbocycles. The molecule has 8 heteroatoms. The highest BCUT2D eigenvalue weighted by atomic mass is 32.1. The maximum atomic E-state index is 12.6. The van der Waals surface area contributed by atoms with Gasteiger partial charge in [0.25, 0.3) is 5.56 Å². The van der Waals surface area contributed by atoms with E-state index in [-0.39, 0.29) is 5.56 Å². The Labute approximate surface area is 130 Å². The molecular weight excluding hydrogens is 306 g/mol. The van der Waals surface area contributed by atoms with Crippen LogP contribution in [0.3, 0.4) is 0 Å². The summed E-state index contributed by atoms with van der Waals surface area (Å²) in [6, 6.07) is 0. The van der Waals surface area contributed by atoms with Gasteiger partial charge in [-0.15, -0.1) is 16.4 Å². The van der Waals surface area contributed by atoms with Crippen molar-refractivity contribution in [3.05, 3.63) is 38.0 Å². The standard InChI is InChI=1S/C13H15N5OS2/c1-8-9(2)21-11-10(8)12(19)18(13(20)15-11)6-3-5-17-7-4-14-16-17/h4,7H,3,5-6H2,1-2H3,(H,15,20). The van der Waals surface area contributed by atoms with Crippen LogP contribution in [-0.4, -0.2) is 24.5 Å². The molecule has 0 saturated heterocycles. The molecule has 0 aliphatic rings. The van der Waals surface area contributed by atoms with E-state index < -0.39 is 0 Å². The summed E-state index contributed by atoms with van der Waals surface area (Å²) in [4.78, 5) is 17.8. The van der Waals surface area contributed by atoms with Crippen molar-refractivity contribution in [1.29, 1.82) is 0 Å². The first-order valence-corrected chi connectivity index (χ1v) is 7.87. The van der Waals surface area contributed by atoms with Crippen molar-refractivity contribution in [2.24, 2.45) is 0 Å². The second-order valence-electron chi connectivity index (χ2n) is 4.89. The average Bonchev–Trinajstić information content (AvgIpc) is 3.03. The van der Waals surface area contributed by atoms with Crippen LogP contribution < -0.4 is 5.56 Å². The van der Waals surface area contributed by atoms with Crippen LogP contribution in [0, 0.1) is 18.6 Å². The van der Waals surface area contributed by atoms with E-state index in [1.54, 1.807) is 33.0 Å². The van der Waals surface area contributed by atoms with Crippen molar-refractivity contribution in [1.82, 2.24) is 24.5 Å². The smallest absolute Gasteiger partial charge is 0.263 e. The molecule has 3 rings (SSSR count). The lowest BCUT2D eigenvalue weighted by Gasteiger charge is -2.06. The van der Waals surface area contributed by atoms with Gasteiger partial charge in [-0.1, -0.05) is 5.21 Å². The van der Waals surface area contributed by atoms with Gasteiger partial charge in [0, 0.05) is 24.2 Å². The molecule has 3 heterocycles. The van der Waals surface area contributed by atoms with E-state index in [0.717, 1.165) is 27.1 Å². The van der Waals surface area contributed by atoms with Gasteiger partial charge in [-0.3, -0.25) is 14.0 Å². The topological polar surface area (TPSA) is 68.5 Å². The molecule has 0 amide bonds. The van der Waals surface area contributed by atoms with E-state index in [9.17, 15) is 4.79 Å². The number of H-pyrrole nitrogens is 1. The minimum absolute atomic E-state index is 0.00538. The Morgan fingerprint density at radius 3 is 2.90 bits per heavy atom. The summed E-state index contributed by atoms with van der Waals surface area (Å²) in [5.41, 5.74) is 1.03. The molecule has 21 heavy (non-hydrogen) atoms. The summed E-state index contributed by atoms with van der Waals surface area (Å²) in [6.45, 7) is 5.27. The normalized spacial score (nSPS) is 11.3. The lowest BCUT2D eigenvalue weighted by molar-refractivity contribution is 0.504. The van der Waals surface area contributed by atoms with Crippen molar-refractivity contribution in [2.45, 2.75) is 33.4 Å². The molecule has 110 valence electrons. The van der Waals surface area contributed by atoms with E-state index >= 15 is 0 Å². The first-order valence-electron chi connectivity index (χ1n) is 6.65. The zero-order valence-corrected chi connectivity index (χ0v) is 13.4. The fourth-order valence-electron chi connectivity index (χ4n) is 2.31. The number of hydrogen-bond donors (Lipinski definition) is 1. The van der Waals surface area contributed by atoms with Gasteiger partial charge in [0.05, 0.1) is 11.6 Å². The number of rotatable bonds is 4. The number of aromatic amines is 1. The van der Waals surface area contributed by atoms with Crippen LogP contribution in [0.4, 0.5) is 0 Å². The number of aromatic nitrogens is 5. The van der Waals surface area contributed by atoms with Gasteiger partial charge >= 0.3 is 0 Å². The number of aryl methyl sites for hydroxylation is 3. The van der Waals surface area contributed by atoms with Gasteiger partial charge in [-0.05, 0) is 38.0 Å². The van der Waals surface area contributed by atoms with Crippen LogP contribution in [0.1, 0.15) is 16.9 Å². The number of thiophene rings is 1. The fraction of sp³-hybridized carbons (Fsp3) is 0.385. The Hall–Kier alpha value is -1.80. The van der Waals surface area contributed by atoms with Crippen molar-refractivity contribution in [3.8, 4) is 0 Å². The molecular formula is C13H15N5OS2. The van der Waals surface area contributed by atoms with Crippen LogP contribution in [0.15, 0.2) is 17.2 Å². The molecule has 1 N–H and O–H groups in total. The molecule has 6 nitrogen and oxygen atoms in total. The number of nitrogens with one attached hydrogen (secondary N) is 1. The summed E-state index contributed by atoms with van der Waals surface area (Å²) < 4.78 is 3.86. The zero-order chi connectivity index (χ0) is 15.0. The molecule has 0 unspecified atom stereocenters. The first-order chi connectivity index (χ1) is 10.1. The van der Waals surface area contributed by atoms with Gasteiger partial charge in [0.2, 0.25) is 0 Å². The second kappa shape index (κ2) is 5.53. The molecule has 0 atom stereocenters. The highest BCUT2D eigenvalue weighted by molar-refractivity contribution is 7.71. The van der Waals surface area contributed by atoms with Crippen LogP contribution in [0.25, 0.3) is 10.2 Å². The maximum Gasteiger partial charge on any atom is 0.263 e. The number of fused-ring (bicyclic) bond motifs is 1. The summed E-state index contributed by atoms with van der Waals surface area (Å²) in [5.74, 6) is 0. The first kappa shape index (κ1) is 14.2. The predicted octanol–water partition coefficient (Wildman–Crippen LogP) is 2.42. The Bertz CT molecular complexity index is 888. The largest absolute Gasteiger partial charge is 0.323 e. The van der Waals surface area contributed by atoms with Crippen LogP contribution in [0.5, 0.6) is 0 Å². The molecule has 0 bridgehead atoms. The lowest BCUT2D eigenvalue weighted by Crippen LogP contribution is -2.23. The third-order valence-electron chi connectivity index (χ3n) is 3.55. The molecule has 0 aliphatic heterocycles. The summed E-state index contributed by atoms with van der Waals surface area (Å²) >= 11 is 6.89. The molecule has 3 aromatic heterocycles. The van der Waals surface area contributed by atoms with Crippen molar-refractivity contribution < 1.29 is 0 Å². The average molecular weight is 321 g/mol. The van der Waals surface area contributed by atoms with E-state index in [2.05, 4.69) is 15.3 Å². The summed E-state index contributed by atoms with van der Waals surface area (Å²) in [5, 5.41) is 8.42. The maximum absolute atomic E-state index is 12.6. The van der Waals surface area contributed by atoms with E-state index in [0.29, 0.717) is 17.9 Å². The van der Waals surface area contributed by atoms with Gasteiger partial charge in [0.1, 0.15) is 4.83 Å². The minimum Gasteiger partial charge on any atom is -0.323 e. The van der Waals surface area contributed by atoms with Gasteiger partial charge < -0.3 is 4.98 Å². The van der Waals surface area contributed by atoms with Crippen LogP contribution in [0.2, 0.25) is 0 Å². The van der Waals surface area contributed by atoms with Crippen molar-refractivity contribution in [3.63, 3.8) is 0 Å². The fourth-order valence-corrected chi connectivity index (χ4v) is 3.70. The summed E-state index contributed by atoms with van der Waals surface area (Å²) in [7, 11) is 0. The third-order valence-corrected chi connectivity index (χ3v) is 5.00. The van der Waals surface area contributed by atoms with Gasteiger partial charge in [0.15, 0.2) is 4.77 Å². The SMILES string of the molecule is Cc1sc2[nH]c(=S)n(CCCn3ccnn3)c(=O)c2c1C. The van der Waals surface area contributed by atoms with Crippen molar-refractivity contribution in [2.75, 3.05) is 0 Å². The third kappa shape index (κ3) is 2.56. The Morgan fingerprint density at radius 1 is 1.38 bits per heavy atom. The Balaban J connectivity index is 1.93. The molecule has 0 aliphatic carbocycles. The zero-order valence-electron chi connectivity index (χ0n) is 11.8. The predicted molar refractivity (Wildman–Crippen MR) is 85.4 cm³/mol. The van der Waals surface area contributed by atoms with Gasteiger partial charge in [-0.25, -0.2) is 0 Å². The van der Waals surface area contributed by atoms with Gasteiger partial charge in [-0.2, -0.15) is 0 Å². The minimum atomic E-state index is -0.00538. The van der Waals surface area contributed by atoms with Crippen molar-refractivity contribution >= 4 is 33.8 Å². The number of nitrogens with zero attached hydrogens (tertiary/aromatic N) is 4. The van der Waals surface area contributed by atoms with Crippen LogP contribution >= 0.6 is 23.6 Å². The van der Waals surface area contributed by atoms with Crippen LogP contribution in [-0.2, 0) is 13.1 Å². The highest BCUT2D eigenvalue weighted by Crippen LogP contribution is 2.25. The second-order valence-corrected chi connectivity index (χ2v) is 6.51. The molecule has 0 radical (unpaired) electrons. The summed E-state index contributed by atoms with van der Waals surface area (Å²) in [6.07, 6.45) is 4.22. The molecule has 0 spiro atoms. The Kier molecular flexibility index (Phi) is 3.73. The number of hydrogen-bond acceptors (Lipinski definition) is 5. The monoisotopic (exact) mass is 321 g/mol.